The maximum Gasteiger partial charge on any atom is 0.514 e. The van der Waals surface area contributed by atoms with Crippen LogP contribution >= 0.6 is 21.6 Å². The average molecular weight is 334 g/mol. The molecule has 0 spiro atoms. The average Bonchev–Trinajstić information content (AvgIpc) is 2.34. The fraction of sp³-hybridized carbons (Fsp3) is 0.500. The van der Waals surface area contributed by atoms with Gasteiger partial charge in [0, 0.05) is 15.6 Å². The van der Waals surface area contributed by atoms with Crippen LogP contribution in [-0.4, -0.2) is 29.4 Å². The van der Waals surface area contributed by atoms with Crippen LogP contribution in [0.2, 0.25) is 0 Å². The topological polar surface area (TPSA) is 35.5 Å². The van der Waals surface area contributed by atoms with Gasteiger partial charge in [-0.25, -0.2) is 4.79 Å². The number of ether oxygens (including phenoxy) is 2. The summed E-state index contributed by atoms with van der Waals surface area (Å²) < 4.78 is 10.2. The maximum atomic E-state index is 11.5. The van der Waals surface area contributed by atoms with Crippen LogP contribution in [0, 0.1) is 0 Å². The van der Waals surface area contributed by atoms with Crippen LogP contribution in [0.1, 0.15) is 20.8 Å². The van der Waals surface area contributed by atoms with E-state index in [0.717, 1.165) is 0 Å². The van der Waals surface area contributed by atoms with Gasteiger partial charge in [-0.1, -0.05) is 42.4 Å². The molecule has 1 aromatic rings. The van der Waals surface area contributed by atoms with Crippen LogP contribution in [0.3, 0.4) is 0 Å². The van der Waals surface area contributed by atoms with E-state index in [9.17, 15) is 4.79 Å². The quantitative estimate of drug-likeness (QED) is 0.197. The first-order valence-corrected chi connectivity index (χ1v) is 10.5. The molecule has 0 heterocycles. The summed E-state index contributed by atoms with van der Waals surface area (Å²) in [5.41, 5.74) is 0. The molecule has 0 N–H and O–H groups in total. The minimum Gasteiger partial charge on any atom is -0.422 e. The van der Waals surface area contributed by atoms with Crippen molar-refractivity contribution in [2.75, 3.05) is 18.5 Å². The molecule has 0 fully saturated rings. The van der Waals surface area contributed by atoms with E-state index in [4.69, 9.17) is 9.47 Å². The Labute approximate surface area is 131 Å². The number of benzene rings is 1. The number of hydrogen-bond acceptors (Lipinski definition) is 5. The SMILES string of the molecule is C[S+](C)c1ccc(OC(=O)OCSSC(C)(C)C)cc1. The molecule has 0 radical (unpaired) electrons. The molecule has 0 aromatic heterocycles. The predicted octanol–water partition coefficient (Wildman–Crippen LogP) is 4.58. The van der Waals surface area contributed by atoms with Gasteiger partial charge in [-0.15, -0.1) is 0 Å². The van der Waals surface area contributed by atoms with Crippen molar-refractivity contribution in [2.24, 2.45) is 0 Å². The highest BCUT2D eigenvalue weighted by Crippen LogP contribution is 2.34. The molecule has 0 amide bonds. The van der Waals surface area contributed by atoms with E-state index in [-0.39, 0.29) is 21.6 Å². The van der Waals surface area contributed by atoms with Gasteiger partial charge in [0.2, 0.25) is 0 Å². The standard InChI is InChI=1S/C14H21O3S3/c1-14(2,3)19-18-10-16-13(15)17-11-6-8-12(9-7-11)20(4)5/h6-9H,10H2,1-5H3/q+1. The fourth-order valence-corrected chi connectivity index (χ4v) is 3.75. The summed E-state index contributed by atoms with van der Waals surface area (Å²) in [7, 11) is 3.38. The Bertz CT molecular complexity index is 424. The van der Waals surface area contributed by atoms with Gasteiger partial charge in [0.05, 0.1) is 0 Å². The lowest BCUT2D eigenvalue weighted by atomic mass is 10.3. The lowest BCUT2D eigenvalue weighted by Gasteiger charge is -2.15. The number of carbonyl (C=O) groups is 1. The molecule has 3 nitrogen and oxygen atoms in total. The van der Waals surface area contributed by atoms with Gasteiger partial charge in [0.1, 0.15) is 18.3 Å². The Morgan fingerprint density at radius 2 is 1.80 bits per heavy atom. The monoisotopic (exact) mass is 333 g/mol. The minimum atomic E-state index is -0.660. The zero-order chi connectivity index (χ0) is 15.2. The highest BCUT2D eigenvalue weighted by atomic mass is 33.1. The third-order valence-corrected chi connectivity index (χ3v) is 6.22. The fourth-order valence-electron chi connectivity index (χ4n) is 1.18. The molecule has 1 aromatic carbocycles. The molecule has 0 aliphatic carbocycles. The molecule has 112 valence electrons. The molecule has 1 rings (SSSR count). The van der Waals surface area contributed by atoms with Gasteiger partial charge in [0.15, 0.2) is 10.8 Å². The summed E-state index contributed by atoms with van der Waals surface area (Å²) in [6.45, 7) is 6.33. The normalized spacial score (nSPS) is 11.5. The van der Waals surface area contributed by atoms with E-state index in [1.165, 1.54) is 15.7 Å². The van der Waals surface area contributed by atoms with Gasteiger partial charge < -0.3 is 9.47 Å². The molecular weight excluding hydrogens is 312 g/mol. The molecule has 6 heteroatoms. The van der Waals surface area contributed by atoms with E-state index in [2.05, 4.69) is 33.3 Å². The van der Waals surface area contributed by atoms with Crippen LogP contribution < -0.4 is 4.74 Å². The van der Waals surface area contributed by atoms with Gasteiger partial charge in [0.25, 0.3) is 0 Å². The van der Waals surface area contributed by atoms with Crippen molar-refractivity contribution >= 4 is 38.6 Å². The van der Waals surface area contributed by atoms with E-state index in [0.29, 0.717) is 5.75 Å². The van der Waals surface area contributed by atoms with Gasteiger partial charge in [-0.3, -0.25) is 0 Å². The second-order valence-electron chi connectivity index (χ2n) is 5.22. The second kappa shape index (κ2) is 8.10. The van der Waals surface area contributed by atoms with Crippen LogP contribution in [0.25, 0.3) is 0 Å². The lowest BCUT2D eigenvalue weighted by Crippen LogP contribution is -2.11. The Balaban J connectivity index is 2.32. The molecule has 0 atom stereocenters. The molecule has 0 aliphatic heterocycles. The lowest BCUT2D eigenvalue weighted by molar-refractivity contribution is 0.116. The van der Waals surface area contributed by atoms with Gasteiger partial charge >= 0.3 is 6.16 Å². The summed E-state index contributed by atoms with van der Waals surface area (Å²) in [5, 5.41) is 0. The maximum absolute atomic E-state index is 11.5. The number of rotatable bonds is 5. The van der Waals surface area contributed by atoms with Crippen LogP contribution in [0.5, 0.6) is 5.75 Å². The minimum absolute atomic E-state index is 0.144. The van der Waals surface area contributed by atoms with Crippen LogP contribution in [0.4, 0.5) is 4.79 Å². The first-order chi connectivity index (χ1) is 9.28. The Hall–Kier alpha value is -0.460. The summed E-state index contributed by atoms with van der Waals surface area (Å²) in [6.07, 6.45) is 3.63. The van der Waals surface area contributed by atoms with Crippen LogP contribution in [-0.2, 0) is 15.6 Å². The van der Waals surface area contributed by atoms with Crippen LogP contribution in [0.15, 0.2) is 29.2 Å². The predicted molar refractivity (Wildman–Crippen MR) is 90.8 cm³/mol. The third-order valence-electron chi connectivity index (χ3n) is 2.03. The molecular formula is C14H21O3S3+. The molecule has 0 unspecified atom stereocenters. The number of hydrogen-bond donors (Lipinski definition) is 0. The van der Waals surface area contributed by atoms with Gasteiger partial charge in [-0.05, 0) is 24.3 Å². The van der Waals surface area contributed by atoms with Crippen molar-refractivity contribution < 1.29 is 14.3 Å². The highest BCUT2D eigenvalue weighted by molar-refractivity contribution is 8.77. The van der Waals surface area contributed by atoms with Gasteiger partial charge in [-0.2, -0.15) is 0 Å². The Morgan fingerprint density at radius 1 is 1.20 bits per heavy atom. The Morgan fingerprint density at radius 3 is 2.30 bits per heavy atom. The number of carbonyl (C=O) groups excluding carboxylic acids is 1. The molecule has 20 heavy (non-hydrogen) atoms. The van der Waals surface area contributed by atoms with Crippen molar-refractivity contribution in [2.45, 2.75) is 30.4 Å². The summed E-state index contributed by atoms with van der Waals surface area (Å²) in [5.74, 6) is 0.796. The first-order valence-electron chi connectivity index (χ1n) is 6.11. The molecule has 0 saturated heterocycles. The summed E-state index contributed by atoms with van der Waals surface area (Å²) >= 11 is 0. The largest absolute Gasteiger partial charge is 0.514 e. The summed E-state index contributed by atoms with van der Waals surface area (Å²) in [4.78, 5) is 12.7. The zero-order valence-corrected chi connectivity index (χ0v) is 14.9. The molecule has 0 bridgehead atoms. The highest BCUT2D eigenvalue weighted by Gasteiger charge is 2.13. The molecule has 0 saturated carbocycles. The van der Waals surface area contributed by atoms with Crippen molar-refractivity contribution in [1.82, 2.24) is 0 Å². The smallest absolute Gasteiger partial charge is 0.422 e. The first kappa shape index (κ1) is 17.6. The second-order valence-corrected chi connectivity index (χ2v) is 10.4. The van der Waals surface area contributed by atoms with Crippen molar-refractivity contribution in [1.29, 1.82) is 0 Å². The van der Waals surface area contributed by atoms with E-state index < -0.39 is 6.16 Å². The Kier molecular flexibility index (Phi) is 7.12. The zero-order valence-electron chi connectivity index (χ0n) is 12.5. The summed E-state index contributed by atoms with van der Waals surface area (Å²) in [6, 6.07) is 7.52. The third kappa shape index (κ3) is 7.36. The van der Waals surface area contributed by atoms with Crippen molar-refractivity contribution in [3.8, 4) is 5.75 Å². The van der Waals surface area contributed by atoms with Crippen molar-refractivity contribution in [3.63, 3.8) is 0 Å². The van der Waals surface area contributed by atoms with Crippen molar-refractivity contribution in [3.05, 3.63) is 24.3 Å². The molecule has 0 aliphatic rings. The van der Waals surface area contributed by atoms with E-state index in [1.807, 2.05) is 12.1 Å². The van der Waals surface area contributed by atoms with E-state index in [1.54, 1.807) is 22.9 Å². The van der Waals surface area contributed by atoms with E-state index >= 15 is 0 Å².